The van der Waals surface area contributed by atoms with Gasteiger partial charge >= 0.3 is 0 Å². The van der Waals surface area contributed by atoms with E-state index in [0.29, 0.717) is 23.0 Å². The van der Waals surface area contributed by atoms with Gasteiger partial charge in [-0.05, 0) is 36.5 Å². The smallest absolute Gasteiger partial charge is 0.261 e. The van der Waals surface area contributed by atoms with Crippen LogP contribution in [0.5, 0.6) is 11.5 Å². The Bertz CT molecular complexity index is 923. The van der Waals surface area contributed by atoms with E-state index < -0.39 is 5.91 Å². The molecule has 1 aromatic heterocycles. The molecule has 3 aromatic rings. The second-order valence-electron chi connectivity index (χ2n) is 5.18. The minimum absolute atomic E-state index is 0.0836. The van der Waals surface area contributed by atoms with E-state index in [4.69, 9.17) is 21.7 Å². The number of hydrazine groups is 1. The van der Waals surface area contributed by atoms with Crippen LogP contribution in [0.1, 0.15) is 10.4 Å². The summed E-state index contributed by atoms with van der Waals surface area (Å²) in [5.74, 6) is 0.839. The summed E-state index contributed by atoms with van der Waals surface area (Å²) >= 11 is 5.13. The number of fused-ring (bicyclic) bond motifs is 1. The number of aromatic nitrogens is 2. The summed E-state index contributed by atoms with van der Waals surface area (Å²) in [5, 5.41) is 2.65. The van der Waals surface area contributed by atoms with Gasteiger partial charge in [-0.3, -0.25) is 21.0 Å². The van der Waals surface area contributed by atoms with Gasteiger partial charge < -0.3 is 14.5 Å². The Balaban J connectivity index is 1.63. The van der Waals surface area contributed by atoms with Gasteiger partial charge in [0.25, 0.3) is 5.91 Å². The number of anilines is 1. The molecule has 8 nitrogen and oxygen atoms in total. The van der Waals surface area contributed by atoms with E-state index in [0.717, 1.165) is 11.0 Å². The molecule has 3 rings (SSSR count). The van der Waals surface area contributed by atoms with Crippen LogP contribution in [-0.2, 0) is 0 Å². The summed E-state index contributed by atoms with van der Waals surface area (Å²) in [7, 11) is 2.97. The van der Waals surface area contributed by atoms with Crippen LogP contribution in [0.25, 0.3) is 11.0 Å². The average molecular weight is 371 g/mol. The van der Waals surface area contributed by atoms with Crippen LogP contribution in [-0.4, -0.2) is 35.2 Å². The third kappa shape index (κ3) is 3.67. The number of carbonyl (C=O) groups excluding carboxylic acids is 1. The van der Waals surface area contributed by atoms with Crippen molar-refractivity contribution in [3.8, 4) is 11.5 Å². The fourth-order valence-electron chi connectivity index (χ4n) is 2.40. The Morgan fingerprint density at radius 2 is 1.92 bits per heavy atom. The minimum atomic E-state index is -0.426. The summed E-state index contributed by atoms with van der Waals surface area (Å²) in [4.78, 5) is 19.8. The van der Waals surface area contributed by atoms with E-state index >= 15 is 0 Å². The molecule has 2 aromatic carbocycles. The highest BCUT2D eigenvalue weighted by Crippen LogP contribution is 2.30. The third-order valence-corrected chi connectivity index (χ3v) is 3.76. The predicted molar refractivity (Wildman–Crippen MR) is 102 cm³/mol. The highest BCUT2D eigenvalue weighted by molar-refractivity contribution is 7.80. The molecule has 9 heteroatoms. The van der Waals surface area contributed by atoms with Crippen molar-refractivity contribution in [2.75, 3.05) is 19.6 Å². The summed E-state index contributed by atoms with van der Waals surface area (Å²) in [6.45, 7) is 0. The summed E-state index contributed by atoms with van der Waals surface area (Å²) in [6, 6.07) is 12.6. The number of aromatic amines is 1. The number of hydrogen-bond acceptors (Lipinski definition) is 6. The van der Waals surface area contributed by atoms with Gasteiger partial charge in [-0.25, -0.2) is 4.98 Å². The van der Waals surface area contributed by atoms with E-state index in [9.17, 15) is 4.79 Å². The second kappa shape index (κ2) is 7.70. The number of hydrogen-bond donors (Lipinski definition) is 4. The normalized spacial score (nSPS) is 10.2. The van der Waals surface area contributed by atoms with Crippen LogP contribution in [0.15, 0.2) is 42.5 Å². The van der Waals surface area contributed by atoms with Gasteiger partial charge in [-0.1, -0.05) is 18.2 Å². The molecule has 0 unspecified atom stereocenters. The van der Waals surface area contributed by atoms with Crippen molar-refractivity contribution in [1.29, 1.82) is 0 Å². The van der Waals surface area contributed by atoms with Crippen molar-refractivity contribution in [3.05, 3.63) is 48.0 Å². The topological polar surface area (TPSA) is 100 Å². The molecule has 134 valence electrons. The Morgan fingerprint density at radius 3 is 2.65 bits per heavy atom. The Morgan fingerprint density at radius 1 is 1.12 bits per heavy atom. The van der Waals surface area contributed by atoms with Crippen molar-refractivity contribution in [2.24, 2.45) is 0 Å². The van der Waals surface area contributed by atoms with Crippen LogP contribution >= 0.6 is 12.2 Å². The number of nitrogens with one attached hydrogen (secondary N) is 4. The van der Waals surface area contributed by atoms with E-state index in [1.807, 2.05) is 24.3 Å². The van der Waals surface area contributed by atoms with Crippen molar-refractivity contribution in [2.45, 2.75) is 0 Å². The number of benzene rings is 2. The standard InChI is InChI=1S/C17H17N5O3S/c1-24-13-9-5-6-10(14(13)25-2)15(23)20-17(26)22-21-16-18-11-7-3-4-8-12(11)19-16/h3-9H,1-2H3,(H2,18,19,21)(H2,20,22,23,26). The number of H-pyrrole nitrogens is 1. The zero-order valence-corrected chi connectivity index (χ0v) is 14.9. The maximum Gasteiger partial charge on any atom is 0.261 e. The highest BCUT2D eigenvalue weighted by Gasteiger charge is 2.17. The molecule has 0 aliphatic carbocycles. The van der Waals surface area contributed by atoms with Gasteiger partial charge in [-0.2, -0.15) is 0 Å². The van der Waals surface area contributed by atoms with Gasteiger partial charge in [0, 0.05) is 0 Å². The number of carbonyl (C=O) groups is 1. The molecule has 1 amide bonds. The quantitative estimate of drug-likeness (QED) is 0.403. The van der Waals surface area contributed by atoms with Crippen LogP contribution in [0.2, 0.25) is 0 Å². The molecule has 4 N–H and O–H groups in total. The SMILES string of the molecule is COc1cccc(C(=O)NC(=S)NNc2nc3ccccc3[nH]2)c1OC. The zero-order valence-electron chi connectivity index (χ0n) is 14.1. The first-order valence-electron chi connectivity index (χ1n) is 7.65. The van der Waals surface area contributed by atoms with Crippen LogP contribution < -0.4 is 25.6 Å². The lowest BCUT2D eigenvalue weighted by molar-refractivity contribution is 0.0973. The van der Waals surface area contributed by atoms with E-state index in [-0.39, 0.29) is 5.11 Å². The maximum atomic E-state index is 12.4. The Labute approximate surface area is 154 Å². The average Bonchev–Trinajstić information content (AvgIpc) is 3.08. The van der Waals surface area contributed by atoms with E-state index in [1.54, 1.807) is 18.2 Å². The maximum absolute atomic E-state index is 12.4. The molecule has 0 fully saturated rings. The number of ether oxygens (including phenoxy) is 2. The molecule has 0 saturated carbocycles. The third-order valence-electron chi connectivity index (χ3n) is 3.56. The number of thiocarbonyl (C=S) groups is 1. The molecule has 0 aliphatic heterocycles. The van der Waals surface area contributed by atoms with Gasteiger partial charge in [0.1, 0.15) is 0 Å². The van der Waals surface area contributed by atoms with E-state index in [2.05, 4.69) is 26.1 Å². The van der Waals surface area contributed by atoms with Gasteiger partial charge in [-0.15, -0.1) is 0 Å². The number of nitrogens with zero attached hydrogens (tertiary/aromatic N) is 1. The lowest BCUT2D eigenvalue weighted by atomic mass is 10.1. The molecule has 0 bridgehead atoms. The Kier molecular flexibility index (Phi) is 5.18. The predicted octanol–water partition coefficient (Wildman–Crippen LogP) is 2.21. The van der Waals surface area contributed by atoms with Crippen molar-refractivity contribution in [1.82, 2.24) is 20.7 Å². The Hall–Kier alpha value is -3.33. The minimum Gasteiger partial charge on any atom is -0.493 e. The number of amides is 1. The first-order valence-corrected chi connectivity index (χ1v) is 8.06. The first kappa shape index (κ1) is 17.5. The molecule has 26 heavy (non-hydrogen) atoms. The van der Waals surface area contributed by atoms with Gasteiger partial charge in [0.15, 0.2) is 16.6 Å². The molecule has 1 heterocycles. The lowest BCUT2D eigenvalue weighted by Gasteiger charge is -2.13. The lowest BCUT2D eigenvalue weighted by Crippen LogP contribution is -2.42. The van der Waals surface area contributed by atoms with Crippen molar-refractivity contribution in [3.63, 3.8) is 0 Å². The first-order chi connectivity index (χ1) is 12.6. The number of para-hydroxylation sites is 3. The van der Waals surface area contributed by atoms with Crippen LogP contribution in [0.4, 0.5) is 5.95 Å². The molecule has 0 saturated heterocycles. The van der Waals surface area contributed by atoms with Crippen molar-refractivity contribution < 1.29 is 14.3 Å². The monoisotopic (exact) mass is 371 g/mol. The molecular formula is C17H17N5O3S. The summed E-state index contributed by atoms with van der Waals surface area (Å²) in [6.07, 6.45) is 0. The molecule has 0 spiro atoms. The van der Waals surface area contributed by atoms with Crippen molar-refractivity contribution >= 4 is 40.2 Å². The zero-order chi connectivity index (χ0) is 18.5. The highest BCUT2D eigenvalue weighted by atomic mass is 32.1. The van der Waals surface area contributed by atoms with Gasteiger partial charge in [0.2, 0.25) is 5.95 Å². The molecular weight excluding hydrogens is 354 g/mol. The molecule has 0 atom stereocenters. The fraction of sp³-hybridized carbons (Fsp3) is 0.118. The summed E-state index contributed by atoms with van der Waals surface area (Å²) in [5.41, 5.74) is 7.52. The van der Waals surface area contributed by atoms with Gasteiger partial charge in [0.05, 0.1) is 30.8 Å². The summed E-state index contributed by atoms with van der Waals surface area (Å²) < 4.78 is 10.4. The number of methoxy groups -OCH3 is 2. The fourth-order valence-corrected chi connectivity index (χ4v) is 2.54. The second-order valence-corrected chi connectivity index (χ2v) is 5.59. The molecule has 0 aliphatic rings. The van der Waals surface area contributed by atoms with E-state index in [1.165, 1.54) is 14.2 Å². The largest absolute Gasteiger partial charge is 0.493 e. The number of imidazole rings is 1. The molecule has 0 radical (unpaired) electrons. The van der Waals surface area contributed by atoms with Crippen LogP contribution in [0.3, 0.4) is 0 Å². The number of rotatable bonds is 5. The van der Waals surface area contributed by atoms with Crippen LogP contribution in [0, 0.1) is 0 Å².